The van der Waals surface area contributed by atoms with Crippen molar-refractivity contribution in [2.24, 2.45) is 0 Å². The van der Waals surface area contributed by atoms with Gasteiger partial charge in [0.05, 0.1) is 19.3 Å². The molecule has 94 valence electrons. The van der Waals surface area contributed by atoms with E-state index in [1.165, 1.54) is 0 Å². The Balaban J connectivity index is 2.20. The number of ether oxygens (including phenoxy) is 1. The lowest BCUT2D eigenvalue weighted by Crippen LogP contribution is -2.43. The van der Waals surface area contributed by atoms with E-state index in [0.29, 0.717) is 0 Å². The van der Waals surface area contributed by atoms with Gasteiger partial charge in [-0.05, 0) is 28.4 Å². The first kappa shape index (κ1) is 12.8. The highest BCUT2D eigenvalue weighted by Crippen LogP contribution is 2.23. The van der Waals surface area contributed by atoms with E-state index in [9.17, 15) is 5.11 Å². The van der Waals surface area contributed by atoms with Gasteiger partial charge in [0.1, 0.15) is 5.82 Å². The van der Waals surface area contributed by atoms with Crippen LogP contribution in [-0.2, 0) is 11.3 Å². The summed E-state index contributed by atoms with van der Waals surface area (Å²) in [6.07, 6.45) is 3.03. The topological polar surface area (TPSA) is 45.6 Å². The zero-order valence-corrected chi connectivity index (χ0v) is 11.5. The molecule has 4 nitrogen and oxygen atoms in total. The number of hydrogen-bond acceptors (Lipinski definition) is 4. The molecule has 17 heavy (non-hydrogen) atoms. The maximum Gasteiger partial charge on any atom is 0.134 e. The fourth-order valence-electron chi connectivity index (χ4n) is 2.03. The second-order valence-electron chi connectivity index (χ2n) is 4.14. The van der Waals surface area contributed by atoms with Gasteiger partial charge in [-0.1, -0.05) is 6.92 Å². The first-order valence-electron chi connectivity index (χ1n) is 5.86. The molecule has 1 fully saturated rings. The third-order valence-corrected chi connectivity index (χ3v) is 3.41. The molecule has 1 saturated heterocycles. The highest BCUT2D eigenvalue weighted by molar-refractivity contribution is 9.10. The van der Waals surface area contributed by atoms with E-state index in [1.54, 1.807) is 6.20 Å². The normalized spacial score (nSPS) is 20.6. The molecule has 1 unspecified atom stereocenters. The molecule has 2 rings (SSSR count). The molecule has 0 aliphatic carbocycles. The predicted octanol–water partition coefficient (Wildman–Crippen LogP) is 1.95. The summed E-state index contributed by atoms with van der Waals surface area (Å²) in [5.74, 6) is 0.873. The van der Waals surface area contributed by atoms with Crippen molar-refractivity contribution in [3.05, 3.63) is 22.3 Å². The Hall–Kier alpha value is -0.650. The van der Waals surface area contributed by atoms with Gasteiger partial charge in [0.25, 0.3) is 0 Å². The van der Waals surface area contributed by atoms with Crippen molar-refractivity contribution < 1.29 is 9.84 Å². The van der Waals surface area contributed by atoms with Crippen LogP contribution in [0.2, 0.25) is 0 Å². The number of hydrogen-bond donors (Lipinski definition) is 1. The van der Waals surface area contributed by atoms with Crippen molar-refractivity contribution in [1.29, 1.82) is 0 Å². The molecule has 0 spiro atoms. The zero-order chi connectivity index (χ0) is 12.3. The van der Waals surface area contributed by atoms with E-state index in [1.807, 2.05) is 6.07 Å². The van der Waals surface area contributed by atoms with Crippen molar-refractivity contribution in [2.75, 3.05) is 24.6 Å². The summed E-state index contributed by atoms with van der Waals surface area (Å²) in [6, 6.07) is 1.92. The maximum absolute atomic E-state index is 9.38. The number of rotatable bonds is 3. The lowest BCUT2D eigenvalue weighted by molar-refractivity contribution is 0.0380. The molecular weight excluding hydrogens is 284 g/mol. The van der Waals surface area contributed by atoms with Crippen molar-refractivity contribution in [3.63, 3.8) is 0 Å². The van der Waals surface area contributed by atoms with Crippen molar-refractivity contribution in [3.8, 4) is 0 Å². The molecule has 0 aromatic carbocycles. The van der Waals surface area contributed by atoms with E-state index in [4.69, 9.17) is 4.74 Å². The van der Waals surface area contributed by atoms with Crippen molar-refractivity contribution in [2.45, 2.75) is 26.1 Å². The molecule has 0 saturated carbocycles. The number of morpholine rings is 1. The second kappa shape index (κ2) is 5.80. The molecule has 0 bridgehead atoms. The Morgan fingerprint density at radius 1 is 1.65 bits per heavy atom. The molecule has 1 N–H and O–H groups in total. The van der Waals surface area contributed by atoms with Crippen LogP contribution in [0.15, 0.2) is 16.7 Å². The van der Waals surface area contributed by atoms with Crippen LogP contribution in [0, 0.1) is 0 Å². The largest absolute Gasteiger partial charge is 0.392 e. The molecule has 0 radical (unpaired) electrons. The minimum Gasteiger partial charge on any atom is -0.392 e. The summed E-state index contributed by atoms with van der Waals surface area (Å²) in [5, 5.41) is 9.38. The monoisotopic (exact) mass is 300 g/mol. The third kappa shape index (κ3) is 2.97. The quantitative estimate of drug-likeness (QED) is 0.927. The molecular formula is C12H17BrN2O2. The van der Waals surface area contributed by atoms with Gasteiger partial charge in [-0.25, -0.2) is 4.98 Å². The van der Waals surface area contributed by atoms with Gasteiger partial charge in [-0.15, -0.1) is 0 Å². The SMILES string of the molecule is CCC1CN(c2ncc(Br)cc2CO)CCO1. The van der Waals surface area contributed by atoms with Crippen LogP contribution in [0.25, 0.3) is 0 Å². The average molecular weight is 301 g/mol. The van der Waals surface area contributed by atoms with E-state index in [0.717, 1.165) is 42.0 Å². The van der Waals surface area contributed by atoms with Crippen LogP contribution in [-0.4, -0.2) is 35.9 Å². The highest BCUT2D eigenvalue weighted by Gasteiger charge is 2.21. The number of anilines is 1. The average Bonchev–Trinajstić information content (AvgIpc) is 2.38. The number of halogens is 1. The molecule has 1 aromatic rings. The van der Waals surface area contributed by atoms with Crippen LogP contribution < -0.4 is 4.90 Å². The zero-order valence-electron chi connectivity index (χ0n) is 9.90. The highest BCUT2D eigenvalue weighted by atomic mass is 79.9. The summed E-state index contributed by atoms with van der Waals surface area (Å²) in [7, 11) is 0. The second-order valence-corrected chi connectivity index (χ2v) is 5.06. The number of aliphatic hydroxyl groups excluding tert-OH is 1. The Morgan fingerprint density at radius 2 is 2.47 bits per heavy atom. The summed E-state index contributed by atoms with van der Waals surface area (Å²) in [5.41, 5.74) is 0.858. The number of pyridine rings is 1. The van der Waals surface area contributed by atoms with Gasteiger partial charge in [-0.3, -0.25) is 0 Å². The third-order valence-electron chi connectivity index (χ3n) is 2.97. The van der Waals surface area contributed by atoms with E-state index >= 15 is 0 Å². The molecule has 2 heterocycles. The fraction of sp³-hybridized carbons (Fsp3) is 0.583. The first-order chi connectivity index (χ1) is 8.24. The first-order valence-corrected chi connectivity index (χ1v) is 6.65. The van der Waals surface area contributed by atoms with Gasteiger partial charge < -0.3 is 14.7 Å². The number of aliphatic hydroxyl groups is 1. The van der Waals surface area contributed by atoms with Crippen LogP contribution >= 0.6 is 15.9 Å². The number of nitrogens with zero attached hydrogens (tertiary/aromatic N) is 2. The Labute approximate surface area is 110 Å². The van der Waals surface area contributed by atoms with Gasteiger partial charge in [0.2, 0.25) is 0 Å². The molecule has 1 atom stereocenters. The predicted molar refractivity (Wildman–Crippen MR) is 70.1 cm³/mol. The summed E-state index contributed by atoms with van der Waals surface area (Å²) in [4.78, 5) is 6.60. The van der Waals surface area contributed by atoms with Gasteiger partial charge in [0, 0.05) is 29.3 Å². The number of aromatic nitrogens is 1. The lowest BCUT2D eigenvalue weighted by Gasteiger charge is -2.34. The molecule has 0 amide bonds. The lowest BCUT2D eigenvalue weighted by atomic mass is 10.2. The van der Waals surface area contributed by atoms with E-state index < -0.39 is 0 Å². The maximum atomic E-state index is 9.38. The minimum absolute atomic E-state index is 0.00984. The standard InChI is InChI=1S/C12H17BrN2O2/c1-2-11-7-15(3-4-17-11)12-9(8-16)5-10(13)6-14-12/h5-6,11,16H,2-4,7-8H2,1H3. The minimum atomic E-state index is 0.00984. The van der Waals surface area contributed by atoms with Gasteiger partial charge >= 0.3 is 0 Å². The van der Waals surface area contributed by atoms with Gasteiger partial charge in [-0.2, -0.15) is 0 Å². The smallest absolute Gasteiger partial charge is 0.134 e. The summed E-state index contributed by atoms with van der Waals surface area (Å²) >= 11 is 3.37. The fourth-order valence-corrected chi connectivity index (χ4v) is 2.41. The van der Waals surface area contributed by atoms with Crippen LogP contribution in [0.1, 0.15) is 18.9 Å². The van der Waals surface area contributed by atoms with Crippen LogP contribution in [0.5, 0.6) is 0 Å². The Kier molecular flexibility index (Phi) is 4.36. The van der Waals surface area contributed by atoms with Crippen molar-refractivity contribution in [1.82, 2.24) is 4.98 Å². The van der Waals surface area contributed by atoms with E-state index in [-0.39, 0.29) is 12.7 Å². The molecule has 5 heteroatoms. The van der Waals surface area contributed by atoms with Crippen LogP contribution in [0.4, 0.5) is 5.82 Å². The van der Waals surface area contributed by atoms with Crippen LogP contribution in [0.3, 0.4) is 0 Å². The molecule has 1 aromatic heterocycles. The Morgan fingerprint density at radius 3 is 3.18 bits per heavy atom. The molecule has 1 aliphatic heterocycles. The summed E-state index contributed by atoms with van der Waals surface area (Å²) < 4.78 is 6.53. The summed E-state index contributed by atoms with van der Waals surface area (Å²) in [6.45, 7) is 4.53. The Bertz CT molecular complexity index is 387. The van der Waals surface area contributed by atoms with Crippen molar-refractivity contribution >= 4 is 21.7 Å². The van der Waals surface area contributed by atoms with E-state index in [2.05, 4.69) is 32.7 Å². The van der Waals surface area contributed by atoms with Gasteiger partial charge in [0.15, 0.2) is 0 Å². The molecule has 1 aliphatic rings.